The second kappa shape index (κ2) is 8.10. The van der Waals surface area contributed by atoms with E-state index in [0.29, 0.717) is 33.8 Å². The summed E-state index contributed by atoms with van der Waals surface area (Å²) in [5.41, 5.74) is 8.98. The Morgan fingerprint density at radius 2 is 1.94 bits per heavy atom. The highest BCUT2D eigenvalue weighted by atomic mass is 19.1. The van der Waals surface area contributed by atoms with E-state index in [-0.39, 0.29) is 17.8 Å². The molecular formula is C28H22FN5O. The van der Waals surface area contributed by atoms with Crippen LogP contribution in [0.2, 0.25) is 0 Å². The van der Waals surface area contributed by atoms with Crippen molar-refractivity contribution >= 4 is 27.6 Å². The van der Waals surface area contributed by atoms with Gasteiger partial charge in [-0.25, -0.2) is 14.4 Å². The smallest absolute Gasteiger partial charge is 0.263 e. The Morgan fingerprint density at radius 3 is 2.74 bits per heavy atom. The topological polar surface area (TPSA) is 78.7 Å². The van der Waals surface area contributed by atoms with Gasteiger partial charge in [-0.15, -0.1) is 0 Å². The summed E-state index contributed by atoms with van der Waals surface area (Å²) in [5.74, 6) is 6.83. The minimum atomic E-state index is -0.469. The van der Waals surface area contributed by atoms with Crippen LogP contribution in [-0.2, 0) is 6.54 Å². The largest absolute Gasteiger partial charge is 0.383 e. The Balaban J connectivity index is 1.60. The monoisotopic (exact) mass is 463 g/mol. The van der Waals surface area contributed by atoms with E-state index in [1.165, 1.54) is 17.0 Å². The maximum absolute atomic E-state index is 14.9. The van der Waals surface area contributed by atoms with Crippen LogP contribution in [-0.4, -0.2) is 19.1 Å². The van der Waals surface area contributed by atoms with Crippen molar-refractivity contribution in [3.8, 4) is 17.5 Å². The fraction of sp³-hybridized carbons (Fsp3) is 0.179. The first-order valence-electron chi connectivity index (χ1n) is 11.5. The number of halogens is 1. The van der Waals surface area contributed by atoms with E-state index in [1.807, 2.05) is 42.0 Å². The van der Waals surface area contributed by atoms with Crippen LogP contribution in [0.5, 0.6) is 0 Å². The first-order valence-corrected chi connectivity index (χ1v) is 11.5. The SMILES string of the molecule is Cc1cccc2cc(Cn3cc(C#CC4CC4)c4c(N)ncnc43)n(-c3ccccc3F)c(=O)c12. The number of aryl methyl sites for hydroxylation is 1. The molecule has 2 aromatic carbocycles. The summed E-state index contributed by atoms with van der Waals surface area (Å²) in [6, 6.07) is 13.9. The molecule has 0 aliphatic heterocycles. The molecule has 3 heterocycles. The van der Waals surface area contributed by atoms with Gasteiger partial charge in [0.2, 0.25) is 0 Å². The third-order valence-corrected chi connectivity index (χ3v) is 6.43. The molecule has 6 rings (SSSR count). The molecule has 3 aromatic heterocycles. The summed E-state index contributed by atoms with van der Waals surface area (Å²) in [4.78, 5) is 22.4. The molecule has 35 heavy (non-hydrogen) atoms. The summed E-state index contributed by atoms with van der Waals surface area (Å²) in [6.07, 6.45) is 5.54. The van der Waals surface area contributed by atoms with Gasteiger partial charge >= 0.3 is 0 Å². The highest BCUT2D eigenvalue weighted by molar-refractivity contribution is 5.92. The van der Waals surface area contributed by atoms with E-state index < -0.39 is 5.82 Å². The second-order valence-corrected chi connectivity index (χ2v) is 8.94. The van der Waals surface area contributed by atoms with Gasteiger partial charge in [0, 0.05) is 17.8 Å². The summed E-state index contributed by atoms with van der Waals surface area (Å²) in [7, 11) is 0. The molecule has 0 unspecified atom stereocenters. The van der Waals surface area contributed by atoms with Crippen LogP contribution in [0.15, 0.2) is 65.8 Å². The number of para-hydroxylation sites is 1. The minimum Gasteiger partial charge on any atom is -0.383 e. The molecule has 0 radical (unpaired) electrons. The number of aromatic nitrogens is 4. The van der Waals surface area contributed by atoms with E-state index >= 15 is 0 Å². The summed E-state index contributed by atoms with van der Waals surface area (Å²) >= 11 is 0. The zero-order valence-electron chi connectivity index (χ0n) is 19.1. The van der Waals surface area contributed by atoms with Gasteiger partial charge in [0.25, 0.3) is 5.56 Å². The van der Waals surface area contributed by atoms with Crippen molar-refractivity contribution in [3.63, 3.8) is 0 Å². The minimum absolute atomic E-state index is 0.206. The van der Waals surface area contributed by atoms with Gasteiger partial charge in [0.1, 0.15) is 23.6 Å². The lowest BCUT2D eigenvalue weighted by atomic mass is 10.1. The molecule has 1 fully saturated rings. The Kier molecular flexibility index (Phi) is 4.89. The molecule has 0 amide bonds. The lowest BCUT2D eigenvalue weighted by molar-refractivity contribution is 0.611. The van der Waals surface area contributed by atoms with Gasteiger partial charge in [-0.2, -0.15) is 0 Å². The summed E-state index contributed by atoms with van der Waals surface area (Å²) < 4.78 is 18.3. The lowest BCUT2D eigenvalue weighted by Crippen LogP contribution is -2.25. The molecule has 6 nitrogen and oxygen atoms in total. The highest BCUT2D eigenvalue weighted by Crippen LogP contribution is 2.29. The van der Waals surface area contributed by atoms with E-state index in [1.54, 1.807) is 18.2 Å². The molecule has 0 saturated heterocycles. The van der Waals surface area contributed by atoms with Crippen molar-refractivity contribution < 1.29 is 4.39 Å². The van der Waals surface area contributed by atoms with Crippen LogP contribution in [0, 0.1) is 30.5 Å². The van der Waals surface area contributed by atoms with E-state index in [2.05, 4.69) is 21.8 Å². The van der Waals surface area contributed by atoms with Crippen LogP contribution in [0.4, 0.5) is 10.2 Å². The highest BCUT2D eigenvalue weighted by Gasteiger charge is 2.20. The number of anilines is 1. The zero-order valence-corrected chi connectivity index (χ0v) is 19.1. The predicted molar refractivity (Wildman–Crippen MR) is 135 cm³/mol. The fourth-order valence-electron chi connectivity index (χ4n) is 4.55. The maximum Gasteiger partial charge on any atom is 0.263 e. The second-order valence-electron chi connectivity index (χ2n) is 8.94. The first-order chi connectivity index (χ1) is 17.0. The molecule has 1 aliphatic carbocycles. The van der Waals surface area contributed by atoms with Crippen molar-refractivity contribution in [2.75, 3.05) is 5.73 Å². The van der Waals surface area contributed by atoms with Crippen molar-refractivity contribution in [1.29, 1.82) is 0 Å². The lowest BCUT2D eigenvalue weighted by Gasteiger charge is -2.17. The van der Waals surface area contributed by atoms with Gasteiger partial charge in [0.05, 0.1) is 28.6 Å². The van der Waals surface area contributed by atoms with E-state index in [0.717, 1.165) is 29.4 Å². The standard InChI is InChI=1S/C28H22FN5O/c1-17-5-4-6-19-13-21(34(28(35)24(17)19)23-8-3-2-7-22(23)29)15-33-14-20(12-11-18-9-10-18)25-26(30)31-16-32-27(25)33/h2-8,13-14,16,18H,9-10,15H2,1H3,(H2,30,31,32). The molecular weight excluding hydrogens is 441 g/mol. The average molecular weight is 464 g/mol. The molecule has 0 spiro atoms. The van der Waals surface area contributed by atoms with E-state index in [4.69, 9.17) is 5.73 Å². The predicted octanol–water partition coefficient (Wildman–Crippen LogP) is 4.57. The number of nitrogens with zero attached hydrogens (tertiary/aromatic N) is 4. The van der Waals surface area contributed by atoms with Gasteiger partial charge in [0.15, 0.2) is 0 Å². The number of nitrogen functional groups attached to an aromatic ring is 1. The molecule has 7 heteroatoms. The van der Waals surface area contributed by atoms with Crippen molar-refractivity contribution in [1.82, 2.24) is 19.1 Å². The first kappa shape index (κ1) is 21.1. The van der Waals surface area contributed by atoms with Gasteiger partial charge < -0.3 is 10.3 Å². The van der Waals surface area contributed by atoms with Crippen LogP contribution >= 0.6 is 0 Å². The number of hydrogen-bond acceptors (Lipinski definition) is 4. The average Bonchev–Trinajstić information content (AvgIpc) is 3.60. The molecule has 172 valence electrons. The normalized spacial score (nSPS) is 13.2. The Morgan fingerprint density at radius 1 is 1.11 bits per heavy atom. The number of pyridine rings is 1. The molecule has 0 atom stereocenters. The molecule has 1 aliphatic rings. The van der Waals surface area contributed by atoms with Gasteiger partial charge in [-0.05, 0) is 48.9 Å². The number of fused-ring (bicyclic) bond motifs is 2. The Bertz CT molecular complexity index is 1750. The number of rotatable bonds is 3. The fourth-order valence-corrected chi connectivity index (χ4v) is 4.55. The maximum atomic E-state index is 14.9. The Labute approximate surface area is 200 Å². The number of nitrogens with two attached hydrogens (primary N) is 1. The quantitative estimate of drug-likeness (QED) is 0.398. The summed E-state index contributed by atoms with van der Waals surface area (Å²) in [5, 5.41) is 2.06. The van der Waals surface area contributed by atoms with Gasteiger partial charge in [-0.3, -0.25) is 9.36 Å². The van der Waals surface area contributed by atoms with Crippen LogP contribution in [0.1, 0.15) is 29.7 Å². The van der Waals surface area contributed by atoms with Crippen molar-refractivity contribution in [3.05, 3.63) is 94.0 Å². The van der Waals surface area contributed by atoms with Crippen molar-refractivity contribution in [2.24, 2.45) is 5.92 Å². The van der Waals surface area contributed by atoms with Gasteiger partial charge in [-0.1, -0.05) is 42.2 Å². The Hall–Kier alpha value is -4.44. The van der Waals surface area contributed by atoms with Crippen LogP contribution in [0.25, 0.3) is 27.5 Å². The third-order valence-electron chi connectivity index (χ3n) is 6.43. The van der Waals surface area contributed by atoms with Crippen LogP contribution < -0.4 is 11.3 Å². The summed E-state index contributed by atoms with van der Waals surface area (Å²) in [6.45, 7) is 2.16. The molecule has 5 aromatic rings. The van der Waals surface area contributed by atoms with Crippen molar-refractivity contribution in [2.45, 2.75) is 26.3 Å². The zero-order chi connectivity index (χ0) is 24.1. The van der Waals surface area contributed by atoms with Crippen LogP contribution in [0.3, 0.4) is 0 Å². The third kappa shape index (κ3) is 3.64. The molecule has 1 saturated carbocycles. The molecule has 0 bridgehead atoms. The number of hydrogen-bond donors (Lipinski definition) is 1. The van der Waals surface area contributed by atoms with E-state index in [9.17, 15) is 9.18 Å². The number of benzene rings is 2. The molecule has 2 N–H and O–H groups in total.